The molecule has 6 heteroatoms. The van der Waals surface area contributed by atoms with E-state index in [0.29, 0.717) is 17.8 Å². The van der Waals surface area contributed by atoms with Crippen LogP contribution in [0.2, 0.25) is 0 Å². The largest absolute Gasteiger partial charge is 0.392 e. The first-order valence-electron chi connectivity index (χ1n) is 5.41. The Hall–Kier alpha value is -1.11. The zero-order valence-electron chi connectivity index (χ0n) is 9.97. The molecule has 0 aliphatic carbocycles. The molecule has 96 valence electrons. The standard InChI is InChI=1S/C11H18N2O3S/c1-9(2)7-12-17(15,16)13-11-6-4-3-5-10(11)8-14/h3-6,9,12-14H,7-8H2,1-2H3. The van der Waals surface area contributed by atoms with Crippen LogP contribution >= 0.6 is 0 Å². The third-order valence-electron chi connectivity index (χ3n) is 2.11. The molecule has 0 saturated carbocycles. The molecule has 3 N–H and O–H groups in total. The van der Waals surface area contributed by atoms with Crippen molar-refractivity contribution in [2.75, 3.05) is 11.3 Å². The van der Waals surface area contributed by atoms with Crippen molar-refractivity contribution >= 4 is 15.9 Å². The summed E-state index contributed by atoms with van der Waals surface area (Å²) in [4.78, 5) is 0. The predicted octanol–water partition coefficient (Wildman–Crippen LogP) is 1.08. The molecule has 1 aromatic rings. The first-order chi connectivity index (χ1) is 7.94. The van der Waals surface area contributed by atoms with Gasteiger partial charge in [0.05, 0.1) is 12.3 Å². The molecule has 0 bridgehead atoms. The topological polar surface area (TPSA) is 78.4 Å². The van der Waals surface area contributed by atoms with Crippen molar-refractivity contribution in [2.24, 2.45) is 5.92 Å². The Bertz CT molecular complexity index is 458. The highest BCUT2D eigenvalue weighted by Crippen LogP contribution is 2.15. The second kappa shape index (κ2) is 6.00. The first kappa shape index (κ1) is 14.0. The number of benzene rings is 1. The Balaban J connectivity index is 2.76. The van der Waals surface area contributed by atoms with Gasteiger partial charge in [-0.05, 0) is 12.0 Å². The molecule has 5 nitrogen and oxygen atoms in total. The monoisotopic (exact) mass is 258 g/mol. The van der Waals surface area contributed by atoms with Gasteiger partial charge in [0.25, 0.3) is 10.2 Å². The van der Waals surface area contributed by atoms with Gasteiger partial charge >= 0.3 is 0 Å². The molecular weight excluding hydrogens is 240 g/mol. The van der Waals surface area contributed by atoms with E-state index >= 15 is 0 Å². The third-order valence-corrected chi connectivity index (χ3v) is 3.15. The molecule has 1 aromatic carbocycles. The summed E-state index contributed by atoms with van der Waals surface area (Å²) < 4.78 is 28.2. The maximum Gasteiger partial charge on any atom is 0.299 e. The van der Waals surface area contributed by atoms with Gasteiger partial charge in [-0.25, -0.2) is 0 Å². The van der Waals surface area contributed by atoms with Crippen LogP contribution in [0.1, 0.15) is 19.4 Å². The highest BCUT2D eigenvalue weighted by Gasteiger charge is 2.11. The zero-order chi connectivity index (χ0) is 12.9. The van der Waals surface area contributed by atoms with Crippen LogP contribution in [0.4, 0.5) is 5.69 Å². The first-order valence-corrected chi connectivity index (χ1v) is 6.89. The lowest BCUT2D eigenvalue weighted by Crippen LogP contribution is -2.33. The second-order valence-electron chi connectivity index (χ2n) is 4.16. The summed E-state index contributed by atoms with van der Waals surface area (Å²) in [6, 6.07) is 6.73. The smallest absolute Gasteiger partial charge is 0.299 e. The maximum atomic E-state index is 11.7. The van der Waals surface area contributed by atoms with Gasteiger partial charge in [-0.15, -0.1) is 0 Å². The molecule has 0 aliphatic rings. The molecule has 0 atom stereocenters. The lowest BCUT2D eigenvalue weighted by atomic mass is 10.2. The second-order valence-corrected chi connectivity index (χ2v) is 5.66. The zero-order valence-corrected chi connectivity index (χ0v) is 10.8. The Morgan fingerprint density at radius 2 is 1.94 bits per heavy atom. The van der Waals surface area contributed by atoms with E-state index in [-0.39, 0.29) is 12.5 Å². The fourth-order valence-corrected chi connectivity index (χ4v) is 2.33. The number of hydrogen-bond acceptors (Lipinski definition) is 3. The fraction of sp³-hybridized carbons (Fsp3) is 0.455. The Morgan fingerprint density at radius 1 is 1.29 bits per heavy atom. The Kier molecular flexibility index (Phi) is 4.92. The molecular formula is C11H18N2O3S. The number of rotatable bonds is 6. The summed E-state index contributed by atoms with van der Waals surface area (Å²) in [6.45, 7) is 4.01. The number of para-hydroxylation sites is 1. The molecule has 0 unspecified atom stereocenters. The van der Waals surface area contributed by atoms with E-state index < -0.39 is 10.2 Å². The van der Waals surface area contributed by atoms with Crippen molar-refractivity contribution in [3.8, 4) is 0 Å². The SMILES string of the molecule is CC(C)CNS(=O)(=O)Nc1ccccc1CO. The minimum atomic E-state index is -3.57. The van der Waals surface area contributed by atoms with E-state index in [2.05, 4.69) is 9.44 Å². The molecule has 0 radical (unpaired) electrons. The third kappa shape index (κ3) is 4.72. The van der Waals surface area contributed by atoms with E-state index in [0.717, 1.165) is 0 Å². The summed E-state index contributed by atoms with van der Waals surface area (Å²) in [5, 5.41) is 9.08. The Labute approximate surface area is 102 Å². The highest BCUT2D eigenvalue weighted by atomic mass is 32.2. The molecule has 0 saturated heterocycles. The average molecular weight is 258 g/mol. The van der Waals surface area contributed by atoms with Crippen LogP contribution in [0.15, 0.2) is 24.3 Å². The number of hydrogen-bond donors (Lipinski definition) is 3. The normalized spacial score (nSPS) is 11.8. The van der Waals surface area contributed by atoms with Crippen LogP contribution in [-0.2, 0) is 16.8 Å². The lowest BCUT2D eigenvalue weighted by Gasteiger charge is -2.13. The van der Waals surface area contributed by atoms with Gasteiger partial charge in [0.2, 0.25) is 0 Å². The lowest BCUT2D eigenvalue weighted by molar-refractivity contribution is 0.282. The van der Waals surface area contributed by atoms with Crippen LogP contribution in [0.3, 0.4) is 0 Å². The summed E-state index contributed by atoms with van der Waals surface area (Å²) in [5.74, 6) is 0.236. The van der Waals surface area contributed by atoms with Gasteiger partial charge in [0.15, 0.2) is 0 Å². The molecule has 0 fully saturated rings. The van der Waals surface area contributed by atoms with Crippen LogP contribution in [0, 0.1) is 5.92 Å². The van der Waals surface area contributed by atoms with Crippen molar-refractivity contribution in [2.45, 2.75) is 20.5 Å². The van der Waals surface area contributed by atoms with Crippen LogP contribution in [0.5, 0.6) is 0 Å². The molecule has 0 spiro atoms. The summed E-state index contributed by atoms with van der Waals surface area (Å²) in [7, 11) is -3.57. The fourth-order valence-electron chi connectivity index (χ4n) is 1.21. The van der Waals surface area contributed by atoms with Gasteiger partial charge in [0.1, 0.15) is 0 Å². The molecule has 0 heterocycles. The van der Waals surface area contributed by atoms with E-state index in [9.17, 15) is 8.42 Å². The number of nitrogens with one attached hydrogen (secondary N) is 2. The molecule has 0 aromatic heterocycles. The predicted molar refractivity (Wildman–Crippen MR) is 67.7 cm³/mol. The van der Waals surface area contributed by atoms with Crippen molar-refractivity contribution in [1.82, 2.24) is 4.72 Å². The van der Waals surface area contributed by atoms with E-state index in [1.54, 1.807) is 24.3 Å². The summed E-state index contributed by atoms with van der Waals surface area (Å²) in [6.07, 6.45) is 0. The quantitative estimate of drug-likeness (QED) is 0.714. The van der Waals surface area contributed by atoms with Gasteiger partial charge < -0.3 is 5.11 Å². The van der Waals surface area contributed by atoms with E-state index in [4.69, 9.17) is 5.11 Å². The number of aliphatic hydroxyl groups is 1. The average Bonchev–Trinajstić information content (AvgIpc) is 2.27. The molecule has 0 amide bonds. The molecule has 0 aliphatic heterocycles. The summed E-state index contributed by atoms with van der Waals surface area (Å²) in [5.41, 5.74) is 0.939. The van der Waals surface area contributed by atoms with Gasteiger partial charge in [0, 0.05) is 12.1 Å². The van der Waals surface area contributed by atoms with E-state index in [1.807, 2.05) is 13.8 Å². The minimum absolute atomic E-state index is 0.205. The van der Waals surface area contributed by atoms with Crippen LogP contribution < -0.4 is 9.44 Å². The molecule has 17 heavy (non-hydrogen) atoms. The number of aliphatic hydroxyl groups excluding tert-OH is 1. The number of anilines is 1. The van der Waals surface area contributed by atoms with Crippen LogP contribution in [0.25, 0.3) is 0 Å². The maximum absolute atomic E-state index is 11.7. The van der Waals surface area contributed by atoms with Crippen molar-refractivity contribution in [3.05, 3.63) is 29.8 Å². The van der Waals surface area contributed by atoms with E-state index in [1.165, 1.54) is 0 Å². The van der Waals surface area contributed by atoms with Crippen molar-refractivity contribution < 1.29 is 13.5 Å². The van der Waals surface area contributed by atoms with Gasteiger partial charge in [-0.3, -0.25) is 4.72 Å². The Morgan fingerprint density at radius 3 is 2.53 bits per heavy atom. The minimum Gasteiger partial charge on any atom is -0.392 e. The van der Waals surface area contributed by atoms with Crippen LogP contribution in [-0.4, -0.2) is 20.1 Å². The van der Waals surface area contributed by atoms with Gasteiger partial charge in [-0.2, -0.15) is 13.1 Å². The molecule has 1 rings (SSSR count). The summed E-state index contributed by atoms with van der Waals surface area (Å²) >= 11 is 0. The van der Waals surface area contributed by atoms with Crippen molar-refractivity contribution in [1.29, 1.82) is 0 Å². The van der Waals surface area contributed by atoms with Crippen molar-refractivity contribution in [3.63, 3.8) is 0 Å². The highest BCUT2D eigenvalue weighted by molar-refractivity contribution is 7.90. The van der Waals surface area contributed by atoms with Gasteiger partial charge in [-0.1, -0.05) is 32.0 Å².